The monoisotopic (exact) mass is 419 g/mol. The van der Waals surface area contributed by atoms with E-state index in [1.807, 2.05) is 20.8 Å². The first kappa shape index (κ1) is 21.6. The number of aromatic nitrogens is 2. The SMILES string of the molecule is Cn1c(=O)ccc2ncc(Cl)c(CCN3CCC(N(C(=O)[O-])C(C)(C)C)CC3)c21. The van der Waals surface area contributed by atoms with Gasteiger partial charge in [0.05, 0.1) is 16.1 Å². The van der Waals surface area contributed by atoms with Crippen molar-refractivity contribution in [3.05, 3.63) is 39.3 Å². The van der Waals surface area contributed by atoms with Gasteiger partial charge >= 0.3 is 0 Å². The van der Waals surface area contributed by atoms with Gasteiger partial charge in [-0.1, -0.05) is 11.6 Å². The summed E-state index contributed by atoms with van der Waals surface area (Å²) in [6.07, 6.45) is 2.77. The molecule has 1 aliphatic heterocycles. The standard InChI is InChI=1S/C21H29ClN4O3/c1-21(2,3)26(20(28)29)14-7-10-25(11-8-14)12-9-15-16(22)13-23-17-5-6-18(27)24(4)19(15)17/h5-6,13-14H,7-12H2,1-4H3,(H,28,29)/p-1. The molecule has 2 aromatic rings. The first-order valence-electron chi connectivity index (χ1n) is 9.95. The lowest BCUT2D eigenvalue weighted by atomic mass is 9.96. The fourth-order valence-corrected chi connectivity index (χ4v) is 4.51. The van der Waals surface area contributed by atoms with Gasteiger partial charge in [0.25, 0.3) is 5.56 Å². The summed E-state index contributed by atoms with van der Waals surface area (Å²) >= 11 is 6.42. The minimum Gasteiger partial charge on any atom is -0.530 e. The third-order valence-electron chi connectivity index (χ3n) is 5.70. The summed E-state index contributed by atoms with van der Waals surface area (Å²) in [5.74, 6) is 0. The van der Waals surface area contributed by atoms with E-state index in [9.17, 15) is 14.7 Å². The Morgan fingerprint density at radius 3 is 2.55 bits per heavy atom. The lowest BCUT2D eigenvalue weighted by Crippen LogP contribution is -2.58. The molecule has 0 aromatic carbocycles. The summed E-state index contributed by atoms with van der Waals surface area (Å²) in [6.45, 7) is 8.10. The summed E-state index contributed by atoms with van der Waals surface area (Å²) < 4.78 is 1.59. The molecular weight excluding hydrogens is 392 g/mol. The van der Waals surface area contributed by atoms with Crippen molar-refractivity contribution in [2.75, 3.05) is 19.6 Å². The molecule has 1 amide bonds. The first-order chi connectivity index (χ1) is 13.6. The van der Waals surface area contributed by atoms with E-state index >= 15 is 0 Å². The molecule has 0 radical (unpaired) electrons. The van der Waals surface area contributed by atoms with Crippen LogP contribution < -0.4 is 10.7 Å². The van der Waals surface area contributed by atoms with Crippen LogP contribution in [0.5, 0.6) is 0 Å². The number of hydrogen-bond donors (Lipinski definition) is 0. The van der Waals surface area contributed by atoms with E-state index in [1.165, 1.54) is 11.0 Å². The van der Waals surface area contributed by atoms with Gasteiger partial charge in [-0.3, -0.25) is 9.78 Å². The van der Waals surface area contributed by atoms with Gasteiger partial charge in [0, 0.05) is 50.5 Å². The molecule has 158 valence electrons. The lowest BCUT2D eigenvalue weighted by molar-refractivity contribution is -0.274. The highest BCUT2D eigenvalue weighted by molar-refractivity contribution is 6.32. The molecule has 2 aromatic heterocycles. The Balaban J connectivity index is 1.70. The second-order valence-electron chi connectivity index (χ2n) is 8.68. The lowest BCUT2D eigenvalue weighted by Gasteiger charge is -2.47. The van der Waals surface area contributed by atoms with Crippen LogP contribution in [0.2, 0.25) is 5.02 Å². The minimum atomic E-state index is -1.10. The second kappa shape index (κ2) is 8.32. The maximum atomic E-state index is 12.1. The Kier molecular flexibility index (Phi) is 6.19. The number of nitrogens with zero attached hydrogens (tertiary/aromatic N) is 4. The number of likely N-dealkylation sites (tertiary alicyclic amines) is 1. The molecule has 0 bridgehead atoms. The fraction of sp³-hybridized carbons (Fsp3) is 0.571. The van der Waals surface area contributed by atoms with Crippen molar-refractivity contribution >= 4 is 28.7 Å². The van der Waals surface area contributed by atoms with E-state index in [1.54, 1.807) is 23.9 Å². The molecule has 8 heteroatoms. The number of amides is 1. The Morgan fingerprint density at radius 1 is 1.31 bits per heavy atom. The highest BCUT2D eigenvalue weighted by atomic mass is 35.5. The number of halogens is 1. The van der Waals surface area contributed by atoms with Crippen LogP contribution in [0.15, 0.2) is 23.1 Å². The summed E-state index contributed by atoms with van der Waals surface area (Å²) in [6, 6.07) is 3.21. The van der Waals surface area contributed by atoms with Crippen molar-refractivity contribution in [1.82, 2.24) is 19.4 Å². The van der Waals surface area contributed by atoms with Gasteiger partial charge in [-0.2, -0.15) is 0 Å². The Labute approximate surface area is 175 Å². The quantitative estimate of drug-likeness (QED) is 0.757. The van der Waals surface area contributed by atoms with E-state index in [2.05, 4.69) is 9.88 Å². The zero-order chi connectivity index (χ0) is 21.3. The summed E-state index contributed by atoms with van der Waals surface area (Å²) in [4.78, 5) is 31.8. The van der Waals surface area contributed by atoms with Crippen molar-refractivity contribution < 1.29 is 9.90 Å². The van der Waals surface area contributed by atoms with Gasteiger partial charge in [0.1, 0.15) is 6.09 Å². The smallest absolute Gasteiger partial charge is 0.250 e. The molecule has 0 aliphatic carbocycles. The van der Waals surface area contributed by atoms with Crippen molar-refractivity contribution in [3.8, 4) is 0 Å². The molecule has 1 fully saturated rings. The van der Waals surface area contributed by atoms with Gasteiger partial charge in [-0.25, -0.2) is 0 Å². The molecule has 7 nitrogen and oxygen atoms in total. The summed E-state index contributed by atoms with van der Waals surface area (Å²) in [5, 5.41) is 12.2. The molecule has 0 N–H and O–H groups in total. The molecule has 0 saturated carbocycles. The molecule has 0 spiro atoms. The van der Waals surface area contributed by atoms with Gasteiger partial charge in [-0.05, 0) is 51.7 Å². The molecule has 29 heavy (non-hydrogen) atoms. The summed E-state index contributed by atoms with van der Waals surface area (Å²) in [7, 11) is 1.73. The average Bonchev–Trinajstić information content (AvgIpc) is 2.64. The zero-order valence-electron chi connectivity index (χ0n) is 17.4. The van der Waals surface area contributed by atoms with Crippen LogP contribution >= 0.6 is 11.6 Å². The van der Waals surface area contributed by atoms with Crippen molar-refractivity contribution in [2.45, 2.75) is 51.6 Å². The second-order valence-corrected chi connectivity index (χ2v) is 9.09. The van der Waals surface area contributed by atoms with Crippen molar-refractivity contribution in [2.24, 2.45) is 7.05 Å². The normalized spacial score (nSPS) is 16.3. The number of carbonyl (C=O) groups is 1. The van der Waals surface area contributed by atoms with Crippen LogP contribution in [0.4, 0.5) is 4.79 Å². The molecule has 1 saturated heterocycles. The van der Waals surface area contributed by atoms with Crippen LogP contribution in [0.1, 0.15) is 39.2 Å². The summed E-state index contributed by atoms with van der Waals surface area (Å²) in [5.41, 5.74) is 1.88. The van der Waals surface area contributed by atoms with Gasteiger partial charge in [0.15, 0.2) is 0 Å². The van der Waals surface area contributed by atoms with Gasteiger partial charge in [0.2, 0.25) is 0 Å². The maximum Gasteiger partial charge on any atom is 0.250 e. The van der Waals surface area contributed by atoms with Crippen LogP contribution in [0, 0.1) is 0 Å². The fourth-order valence-electron chi connectivity index (χ4n) is 4.28. The molecular formula is C21H28ClN4O3-. The largest absolute Gasteiger partial charge is 0.530 e. The molecule has 0 atom stereocenters. The Bertz CT molecular complexity index is 959. The number of pyridine rings is 2. The predicted octanol–water partition coefficient (Wildman–Crippen LogP) is 2.04. The molecule has 0 unspecified atom stereocenters. The number of rotatable bonds is 4. The van der Waals surface area contributed by atoms with Gasteiger partial charge in [-0.15, -0.1) is 0 Å². The highest BCUT2D eigenvalue weighted by Gasteiger charge is 2.31. The van der Waals surface area contributed by atoms with Crippen molar-refractivity contribution in [3.63, 3.8) is 0 Å². The van der Waals surface area contributed by atoms with Crippen molar-refractivity contribution in [1.29, 1.82) is 0 Å². The molecule has 3 heterocycles. The zero-order valence-corrected chi connectivity index (χ0v) is 18.2. The number of fused-ring (bicyclic) bond motifs is 1. The number of aryl methyl sites for hydroxylation is 1. The van der Waals surface area contributed by atoms with Crippen LogP contribution in [0.25, 0.3) is 11.0 Å². The van der Waals surface area contributed by atoms with E-state index in [0.717, 1.165) is 49.1 Å². The van der Waals surface area contributed by atoms with E-state index in [4.69, 9.17) is 11.6 Å². The van der Waals surface area contributed by atoms with Gasteiger partial charge < -0.3 is 24.3 Å². The number of hydrogen-bond acceptors (Lipinski definition) is 5. The Hall–Kier alpha value is -2.12. The highest BCUT2D eigenvalue weighted by Crippen LogP contribution is 2.26. The number of carbonyl (C=O) groups excluding carboxylic acids is 1. The Morgan fingerprint density at radius 2 is 1.97 bits per heavy atom. The molecule has 3 rings (SSSR count). The number of piperidine rings is 1. The maximum absolute atomic E-state index is 12.1. The minimum absolute atomic E-state index is 0.0255. The third kappa shape index (κ3) is 4.56. The molecule has 1 aliphatic rings. The van der Waals surface area contributed by atoms with Crippen LogP contribution in [-0.2, 0) is 13.5 Å². The number of carboxylic acid groups (broad SMARTS) is 1. The predicted molar refractivity (Wildman–Crippen MR) is 112 cm³/mol. The van der Waals surface area contributed by atoms with E-state index in [0.29, 0.717) is 11.4 Å². The van der Waals surface area contributed by atoms with E-state index < -0.39 is 11.6 Å². The van der Waals surface area contributed by atoms with Crippen LogP contribution in [-0.4, -0.2) is 56.7 Å². The first-order valence-corrected chi connectivity index (χ1v) is 10.3. The third-order valence-corrected chi connectivity index (χ3v) is 6.03. The average molecular weight is 420 g/mol. The van der Waals surface area contributed by atoms with Crippen LogP contribution in [0.3, 0.4) is 0 Å². The van der Waals surface area contributed by atoms with E-state index in [-0.39, 0.29) is 11.6 Å². The topological polar surface area (TPSA) is 81.5 Å².